The highest BCUT2D eigenvalue weighted by atomic mass is 35.5. The zero-order valence-corrected chi connectivity index (χ0v) is 12.2. The molecule has 3 nitrogen and oxygen atoms in total. The number of aromatic nitrogens is 1. The van der Waals surface area contributed by atoms with Crippen molar-refractivity contribution >= 4 is 23.2 Å². The van der Waals surface area contributed by atoms with E-state index in [1.807, 2.05) is 31.3 Å². The Morgan fingerprint density at radius 3 is 2.47 bits per heavy atom. The van der Waals surface area contributed by atoms with E-state index >= 15 is 0 Å². The molecule has 0 saturated carbocycles. The third kappa shape index (κ3) is 3.18. The average molecular weight is 297 g/mol. The molecule has 1 aromatic carbocycles. The monoisotopic (exact) mass is 296 g/mol. The number of nitrogens with zero attached hydrogens (tertiary/aromatic N) is 1. The maximum absolute atomic E-state index is 6.06. The lowest BCUT2D eigenvalue weighted by Crippen LogP contribution is -2.19. The Hall–Kier alpha value is -1.29. The van der Waals surface area contributed by atoms with Crippen LogP contribution in [0, 0.1) is 0 Å². The van der Waals surface area contributed by atoms with E-state index < -0.39 is 0 Å². The van der Waals surface area contributed by atoms with Crippen molar-refractivity contribution < 1.29 is 4.74 Å². The number of hydrogen-bond donors (Lipinski definition) is 1. The maximum Gasteiger partial charge on any atom is 0.124 e. The van der Waals surface area contributed by atoms with Gasteiger partial charge in [-0.15, -0.1) is 0 Å². The van der Waals surface area contributed by atoms with Crippen molar-refractivity contribution in [3.05, 3.63) is 57.8 Å². The molecule has 0 aliphatic rings. The molecule has 0 saturated heterocycles. The normalized spacial score (nSPS) is 12.2. The number of rotatable bonds is 4. The molecule has 0 fully saturated rings. The largest absolute Gasteiger partial charge is 0.496 e. The molecule has 1 heterocycles. The highest BCUT2D eigenvalue weighted by molar-refractivity contribution is 6.30. The highest BCUT2D eigenvalue weighted by Crippen LogP contribution is 2.31. The van der Waals surface area contributed by atoms with Crippen molar-refractivity contribution in [3.63, 3.8) is 0 Å². The summed E-state index contributed by atoms with van der Waals surface area (Å²) in [6, 6.07) is 9.10. The first-order valence-corrected chi connectivity index (χ1v) is 6.53. The van der Waals surface area contributed by atoms with Gasteiger partial charge in [-0.3, -0.25) is 4.98 Å². The lowest BCUT2D eigenvalue weighted by Gasteiger charge is -2.19. The lowest BCUT2D eigenvalue weighted by atomic mass is 10.0. The van der Waals surface area contributed by atoms with Gasteiger partial charge in [0, 0.05) is 16.8 Å². The molecule has 0 bridgehead atoms. The van der Waals surface area contributed by atoms with Crippen LogP contribution in [0.5, 0.6) is 5.75 Å². The van der Waals surface area contributed by atoms with Crippen molar-refractivity contribution in [1.29, 1.82) is 0 Å². The second-order valence-corrected chi connectivity index (χ2v) is 4.88. The number of hydrogen-bond acceptors (Lipinski definition) is 3. The summed E-state index contributed by atoms with van der Waals surface area (Å²) in [6.45, 7) is 0. The van der Waals surface area contributed by atoms with Crippen LogP contribution in [0.15, 0.2) is 36.5 Å². The molecular weight excluding hydrogens is 283 g/mol. The fourth-order valence-corrected chi connectivity index (χ4v) is 2.24. The van der Waals surface area contributed by atoms with E-state index in [9.17, 15) is 0 Å². The predicted octanol–water partition coefficient (Wildman–Crippen LogP) is 3.71. The molecule has 100 valence electrons. The zero-order valence-electron chi connectivity index (χ0n) is 10.7. The molecule has 19 heavy (non-hydrogen) atoms. The Morgan fingerprint density at radius 1 is 1.16 bits per heavy atom. The minimum Gasteiger partial charge on any atom is -0.496 e. The van der Waals surface area contributed by atoms with E-state index in [1.165, 1.54) is 0 Å². The molecule has 2 aromatic rings. The number of ether oxygens (including phenoxy) is 1. The summed E-state index contributed by atoms with van der Waals surface area (Å²) in [6.07, 6.45) is 1.62. The number of methoxy groups -OCH3 is 1. The van der Waals surface area contributed by atoms with Crippen LogP contribution < -0.4 is 10.1 Å². The van der Waals surface area contributed by atoms with Gasteiger partial charge in [0.2, 0.25) is 0 Å². The first-order valence-electron chi connectivity index (χ1n) is 5.78. The molecule has 0 radical (unpaired) electrons. The molecule has 1 unspecified atom stereocenters. The van der Waals surface area contributed by atoms with Crippen LogP contribution in [0.25, 0.3) is 0 Å². The van der Waals surface area contributed by atoms with E-state index in [1.54, 1.807) is 19.4 Å². The summed E-state index contributed by atoms with van der Waals surface area (Å²) in [4.78, 5) is 4.34. The maximum atomic E-state index is 6.06. The predicted molar refractivity (Wildman–Crippen MR) is 78.2 cm³/mol. The Balaban J connectivity index is 2.47. The smallest absolute Gasteiger partial charge is 0.124 e. The van der Waals surface area contributed by atoms with Crippen molar-refractivity contribution in [2.75, 3.05) is 14.2 Å². The summed E-state index contributed by atoms with van der Waals surface area (Å²) in [5.74, 6) is 0.764. The molecule has 0 spiro atoms. The number of halogens is 2. The van der Waals surface area contributed by atoms with Crippen LogP contribution in [0.2, 0.25) is 10.0 Å². The number of pyridine rings is 1. The fourth-order valence-electron chi connectivity index (χ4n) is 1.95. The number of nitrogens with one attached hydrogen (secondary N) is 1. The van der Waals surface area contributed by atoms with Gasteiger partial charge in [0.1, 0.15) is 5.75 Å². The fraction of sp³-hybridized carbons (Fsp3) is 0.214. The van der Waals surface area contributed by atoms with Gasteiger partial charge in [0.25, 0.3) is 0 Å². The van der Waals surface area contributed by atoms with E-state index in [4.69, 9.17) is 27.9 Å². The molecule has 1 aromatic heterocycles. The topological polar surface area (TPSA) is 34.2 Å². The molecule has 0 aliphatic carbocycles. The van der Waals surface area contributed by atoms with Crippen molar-refractivity contribution in [3.8, 4) is 5.75 Å². The zero-order chi connectivity index (χ0) is 13.8. The number of benzene rings is 1. The second kappa shape index (κ2) is 6.24. The van der Waals surface area contributed by atoms with E-state index in [2.05, 4.69) is 10.3 Å². The Bertz CT molecular complexity index is 558. The first-order chi connectivity index (χ1) is 9.15. The van der Waals surface area contributed by atoms with E-state index in [0.29, 0.717) is 10.0 Å². The van der Waals surface area contributed by atoms with Gasteiger partial charge in [0.15, 0.2) is 0 Å². The van der Waals surface area contributed by atoms with Crippen LogP contribution in [0.4, 0.5) is 0 Å². The molecule has 2 rings (SSSR count). The van der Waals surface area contributed by atoms with Crippen LogP contribution in [0.3, 0.4) is 0 Å². The SMILES string of the molecule is CNC(c1ccc(Cl)cn1)c1cc(Cl)ccc1OC. The van der Waals surface area contributed by atoms with Gasteiger partial charge in [0.05, 0.1) is 23.9 Å². The van der Waals surface area contributed by atoms with Gasteiger partial charge in [-0.1, -0.05) is 23.2 Å². The quantitative estimate of drug-likeness (QED) is 0.934. The van der Waals surface area contributed by atoms with Crippen LogP contribution >= 0.6 is 23.2 Å². The summed E-state index contributed by atoms with van der Waals surface area (Å²) < 4.78 is 5.38. The standard InChI is InChI=1S/C14H14Cl2N2O/c1-17-14(12-5-3-10(16)8-18-12)11-7-9(15)4-6-13(11)19-2/h3-8,14,17H,1-2H3. The molecule has 5 heteroatoms. The van der Waals surface area contributed by atoms with Crippen molar-refractivity contribution in [2.24, 2.45) is 0 Å². The van der Waals surface area contributed by atoms with Crippen molar-refractivity contribution in [2.45, 2.75) is 6.04 Å². The summed E-state index contributed by atoms with van der Waals surface area (Å²) >= 11 is 11.9. The molecule has 1 N–H and O–H groups in total. The van der Waals surface area contributed by atoms with Gasteiger partial charge in [-0.2, -0.15) is 0 Å². The molecule has 0 amide bonds. The second-order valence-electron chi connectivity index (χ2n) is 4.01. The van der Waals surface area contributed by atoms with Crippen LogP contribution in [0.1, 0.15) is 17.3 Å². The lowest BCUT2D eigenvalue weighted by molar-refractivity contribution is 0.405. The third-order valence-electron chi connectivity index (χ3n) is 2.84. The Kier molecular flexibility index (Phi) is 4.64. The van der Waals surface area contributed by atoms with Gasteiger partial charge in [-0.05, 0) is 37.4 Å². The molecule has 1 atom stereocenters. The molecular formula is C14H14Cl2N2O. The van der Waals surface area contributed by atoms with Crippen LogP contribution in [-0.2, 0) is 0 Å². The van der Waals surface area contributed by atoms with E-state index in [-0.39, 0.29) is 6.04 Å². The van der Waals surface area contributed by atoms with Gasteiger partial charge < -0.3 is 10.1 Å². The van der Waals surface area contributed by atoms with Crippen LogP contribution in [-0.4, -0.2) is 19.1 Å². The summed E-state index contributed by atoms with van der Waals surface area (Å²) in [5.41, 5.74) is 1.79. The minimum atomic E-state index is -0.106. The Morgan fingerprint density at radius 2 is 1.89 bits per heavy atom. The van der Waals surface area contributed by atoms with E-state index in [0.717, 1.165) is 17.0 Å². The summed E-state index contributed by atoms with van der Waals surface area (Å²) in [7, 11) is 3.50. The summed E-state index contributed by atoms with van der Waals surface area (Å²) in [5, 5.41) is 4.48. The third-order valence-corrected chi connectivity index (χ3v) is 3.30. The van der Waals surface area contributed by atoms with Gasteiger partial charge >= 0.3 is 0 Å². The van der Waals surface area contributed by atoms with Crippen molar-refractivity contribution in [1.82, 2.24) is 10.3 Å². The molecule has 0 aliphatic heterocycles. The average Bonchev–Trinajstić information content (AvgIpc) is 2.42. The van der Waals surface area contributed by atoms with Gasteiger partial charge in [-0.25, -0.2) is 0 Å². The minimum absolute atomic E-state index is 0.106. The highest BCUT2D eigenvalue weighted by Gasteiger charge is 2.18. The Labute approximate surface area is 122 Å². The first kappa shape index (κ1) is 14.1.